The third kappa shape index (κ3) is 5.40. The van der Waals surface area contributed by atoms with E-state index in [9.17, 15) is 13.2 Å². The van der Waals surface area contributed by atoms with Gasteiger partial charge < -0.3 is 15.5 Å². The first-order valence-corrected chi connectivity index (χ1v) is 12.9. The zero-order chi connectivity index (χ0) is 24.7. The minimum Gasteiger partial charge on any atom is -0.406 e. The van der Waals surface area contributed by atoms with Crippen molar-refractivity contribution >= 4 is 5.71 Å². The van der Waals surface area contributed by atoms with Crippen molar-refractivity contribution in [2.24, 2.45) is 17.8 Å². The van der Waals surface area contributed by atoms with Crippen LogP contribution in [0.2, 0.25) is 0 Å². The molecule has 1 heterocycles. The Kier molecular flexibility index (Phi) is 6.64. The number of hydrogen-bond donors (Lipinski definition) is 2. The van der Waals surface area contributed by atoms with Gasteiger partial charge in [0.15, 0.2) is 0 Å². The van der Waals surface area contributed by atoms with Crippen molar-refractivity contribution in [3.05, 3.63) is 58.9 Å². The molecule has 0 spiro atoms. The van der Waals surface area contributed by atoms with Crippen molar-refractivity contribution in [2.45, 2.75) is 83.2 Å². The van der Waals surface area contributed by atoms with E-state index in [0.29, 0.717) is 29.2 Å². The van der Waals surface area contributed by atoms with Crippen molar-refractivity contribution in [3.8, 4) is 5.75 Å². The van der Waals surface area contributed by atoms with Crippen molar-refractivity contribution < 1.29 is 17.9 Å². The monoisotopic (exact) mass is 485 g/mol. The van der Waals surface area contributed by atoms with Crippen LogP contribution in [-0.2, 0) is 6.54 Å². The molecule has 4 nitrogen and oxygen atoms in total. The maximum atomic E-state index is 12.9. The van der Waals surface area contributed by atoms with E-state index in [1.807, 2.05) is 12.3 Å². The van der Waals surface area contributed by atoms with Gasteiger partial charge in [0.2, 0.25) is 0 Å². The van der Waals surface area contributed by atoms with Crippen LogP contribution in [0.25, 0.3) is 0 Å². The number of nitrogens with one attached hydrogen (secondary N) is 2. The standard InChI is InChI=1S/C28H34F3N3O/c1-16-23(20-4-3-5-20)13-25(26-11-6-18(15-34-26)14-33-17(2)19-7-8-19)27(32)22-10-9-21(12-24(16)22)35-28(29,30)31/h6,9-12,15-17,19-20,23,25,32-33H,3-5,7-8,13-14H2,1-2H3. The number of aromatic nitrogens is 1. The highest BCUT2D eigenvalue weighted by molar-refractivity contribution is 6.04. The lowest BCUT2D eigenvalue weighted by atomic mass is 9.67. The Morgan fingerprint density at radius 1 is 1.14 bits per heavy atom. The van der Waals surface area contributed by atoms with Crippen molar-refractivity contribution in [1.29, 1.82) is 5.41 Å². The molecule has 2 saturated carbocycles. The van der Waals surface area contributed by atoms with Crippen molar-refractivity contribution in [1.82, 2.24) is 10.3 Å². The number of halogens is 3. The minimum atomic E-state index is -4.73. The smallest absolute Gasteiger partial charge is 0.406 e. The van der Waals surface area contributed by atoms with Gasteiger partial charge in [-0.3, -0.25) is 4.98 Å². The highest BCUT2D eigenvalue weighted by atomic mass is 19.4. The molecule has 2 aromatic rings. The summed E-state index contributed by atoms with van der Waals surface area (Å²) in [4.78, 5) is 4.78. The third-order valence-corrected chi connectivity index (χ3v) is 8.45. The molecule has 0 radical (unpaired) electrons. The fourth-order valence-electron chi connectivity index (χ4n) is 5.90. The molecule has 0 aliphatic heterocycles. The highest BCUT2D eigenvalue weighted by Crippen LogP contribution is 2.49. The maximum Gasteiger partial charge on any atom is 0.573 e. The summed E-state index contributed by atoms with van der Waals surface area (Å²) in [5.41, 5.74) is 3.93. The highest BCUT2D eigenvalue weighted by Gasteiger charge is 2.40. The fraction of sp³-hybridized carbons (Fsp3) is 0.571. The van der Waals surface area contributed by atoms with Gasteiger partial charge >= 0.3 is 6.36 Å². The molecule has 0 saturated heterocycles. The number of alkyl halides is 3. The van der Waals surface area contributed by atoms with Crippen LogP contribution in [0, 0.1) is 23.2 Å². The van der Waals surface area contributed by atoms with Gasteiger partial charge in [-0.15, -0.1) is 13.2 Å². The van der Waals surface area contributed by atoms with Crippen LogP contribution in [0.3, 0.4) is 0 Å². The molecule has 0 bridgehead atoms. The summed E-state index contributed by atoms with van der Waals surface area (Å²) >= 11 is 0. The number of pyridine rings is 1. The Balaban J connectivity index is 1.41. The van der Waals surface area contributed by atoms with E-state index < -0.39 is 6.36 Å². The first-order chi connectivity index (χ1) is 16.7. The third-order valence-electron chi connectivity index (χ3n) is 8.45. The summed E-state index contributed by atoms with van der Waals surface area (Å²) in [5, 5.41) is 12.7. The van der Waals surface area contributed by atoms with E-state index in [1.165, 1.54) is 31.4 Å². The molecule has 1 aromatic carbocycles. The number of fused-ring (bicyclic) bond motifs is 1. The Labute approximate surface area is 205 Å². The van der Waals surface area contributed by atoms with Crippen molar-refractivity contribution in [2.75, 3.05) is 0 Å². The predicted octanol–water partition coefficient (Wildman–Crippen LogP) is 6.94. The number of hydrogen-bond acceptors (Lipinski definition) is 4. The maximum absolute atomic E-state index is 12.9. The fourth-order valence-corrected chi connectivity index (χ4v) is 5.90. The summed E-state index contributed by atoms with van der Waals surface area (Å²) in [5.74, 6) is 1.28. The lowest BCUT2D eigenvalue weighted by Crippen LogP contribution is -2.28. The van der Waals surface area contributed by atoms with Gasteiger partial charge in [-0.1, -0.05) is 32.3 Å². The molecule has 35 heavy (non-hydrogen) atoms. The van der Waals surface area contributed by atoms with Gasteiger partial charge in [-0.2, -0.15) is 0 Å². The number of benzene rings is 1. The number of ether oxygens (including phenoxy) is 1. The Bertz CT molecular complexity index is 1060. The van der Waals surface area contributed by atoms with Crippen LogP contribution in [0.4, 0.5) is 13.2 Å². The van der Waals surface area contributed by atoms with E-state index >= 15 is 0 Å². The molecular weight excluding hydrogens is 451 g/mol. The zero-order valence-corrected chi connectivity index (χ0v) is 20.4. The first-order valence-electron chi connectivity index (χ1n) is 12.9. The molecule has 3 aliphatic carbocycles. The van der Waals surface area contributed by atoms with E-state index in [4.69, 9.17) is 10.4 Å². The molecule has 3 aliphatic rings. The molecule has 2 fully saturated rings. The average Bonchev–Trinajstić information content (AvgIpc) is 3.63. The summed E-state index contributed by atoms with van der Waals surface area (Å²) in [6.45, 7) is 5.11. The van der Waals surface area contributed by atoms with Crippen molar-refractivity contribution in [3.63, 3.8) is 0 Å². The molecule has 5 rings (SSSR count). The summed E-state index contributed by atoms with van der Waals surface area (Å²) < 4.78 is 42.9. The predicted molar refractivity (Wildman–Crippen MR) is 130 cm³/mol. The van der Waals surface area contributed by atoms with Gasteiger partial charge in [0, 0.05) is 36.1 Å². The van der Waals surface area contributed by atoms with Crippen LogP contribution in [0.15, 0.2) is 36.5 Å². The van der Waals surface area contributed by atoms with E-state index in [1.54, 1.807) is 6.07 Å². The Morgan fingerprint density at radius 2 is 1.91 bits per heavy atom. The van der Waals surface area contributed by atoms with Gasteiger partial charge in [0.1, 0.15) is 5.75 Å². The largest absolute Gasteiger partial charge is 0.573 e. The molecule has 7 heteroatoms. The van der Waals surface area contributed by atoms with Crippen LogP contribution in [0.1, 0.15) is 86.6 Å². The normalized spacial score (nSPS) is 26.0. The molecule has 188 valence electrons. The first kappa shape index (κ1) is 24.3. The molecule has 4 atom stereocenters. The Morgan fingerprint density at radius 3 is 2.51 bits per heavy atom. The molecule has 4 unspecified atom stereocenters. The lowest BCUT2D eigenvalue weighted by molar-refractivity contribution is -0.274. The molecule has 0 amide bonds. The summed E-state index contributed by atoms with van der Waals surface area (Å²) in [6.07, 6.45) is 4.05. The van der Waals surface area contributed by atoms with Crippen LogP contribution in [-0.4, -0.2) is 23.1 Å². The lowest BCUT2D eigenvalue weighted by Gasteiger charge is -2.38. The van der Waals surface area contributed by atoms with E-state index in [0.717, 1.165) is 48.5 Å². The topological polar surface area (TPSA) is 58.0 Å². The SMILES string of the molecule is CC(NCc1ccc(C2CC(C3CCC3)C(C)c3cc(OC(F)(F)F)ccc3C2=N)nc1)C1CC1. The number of rotatable bonds is 7. The quantitative estimate of drug-likeness (QED) is 0.418. The van der Waals surface area contributed by atoms with Gasteiger partial charge in [0.25, 0.3) is 0 Å². The second-order valence-corrected chi connectivity index (χ2v) is 10.7. The summed E-state index contributed by atoms with van der Waals surface area (Å²) in [7, 11) is 0. The van der Waals surface area contributed by atoms with Gasteiger partial charge in [-0.25, -0.2) is 0 Å². The summed E-state index contributed by atoms with van der Waals surface area (Å²) in [6, 6.07) is 9.10. The molecular formula is C28H34F3N3O. The van der Waals surface area contributed by atoms with E-state index in [-0.39, 0.29) is 17.6 Å². The Hall–Kier alpha value is -2.41. The number of nitrogens with zero attached hydrogens (tertiary/aromatic N) is 1. The second kappa shape index (κ2) is 9.57. The van der Waals surface area contributed by atoms with Crippen LogP contribution >= 0.6 is 0 Å². The van der Waals surface area contributed by atoms with Gasteiger partial charge in [0.05, 0.1) is 0 Å². The van der Waals surface area contributed by atoms with E-state index in [2.05, 4.69) is 30.0 Å². The molecule has 2 N–H and O–H groups in total. The second-order valence-electron chi connectivity index (χ2n) is 10.7. The minimum absolute atomic E-state index is 0.0461. The van der Waals surface area contributed by atoms with Crippen LogP contribution in [0.5, 0.6) is 5.75 Å². The zero-order valence-electron chi connectivity index (χ0n) is 20.4. The molecule has 1 aromatic heterocycles. The van der Waals surface area contributed by atoms with Crippen LogP contribution < -0.4 is 10.1 Å². The average molecular weight is 486 g/mol. The van der Waals surface area contributed by atoms with Gasteiger partial charge in [-0.05, 0) is 90.8 Å².